The first-order valence-corrected chi connectivity index (χ1v) is 9.84. The van der Waals surface area contributed by atoms with Gasteiger partial charge in [0.05, 0.1) is 0 Å². The second kappa shape index (κ2) is 7.58. The summed E-state index contributed by atoms with van der Waals surface area (Å²) < 4.78 is 0. The Morgan fingerprint density at radius 3 is 2.82 bits per heavy atom. The number of primary amides is 1. The van der Waals surface area contributed by atoms with Crippen LogP contribution >= 0.6 is 0 Å². The van der Waals surface area contributed by atoms with Crippen LogP contribution in [0, 0.1) is 5.92 Å². The molecule has 0 radical (unpaired) electrons. The Hall–Kier alpha value is -2.96. The van der Waals surface area contributed by atoms with E-state index < -0.39 is 5.91 Å². The molecule has 1 aliphatic carbocycles. The summed E-state index contributed by atoms with van der Waals surface area (Å²) in [5, 5.41) is 0. The lowest BCUT2D eigenvalue weighted by Gasteiger charge is -2.21. The van der Waals surface area contributed by atoms with E-state index in [4.69, 9.17) is 11.5 Å². The first-order chi connectivity index (χ1) is 13.5. The van der Waals surface area contributed by atoms with E-state index in [2.05, 4.69) is 9.97 Å². The summed E-state index contributed by atoms with van der Waals surface area (Å²) in [7, 11) is 0. The first kappa shape index (κ1) is 18.4. The van der Waals surface area contributed by atoms with E-state index in [1.165, 1.54) is 0 Å². The first-order valence-electron chi connectivity index (χ1n) is 9.84. The summed E-state index contributed by atoms with van der Waals surface area (Å²) in [6, 6.07) is 7.41. The van der Waals surface area contributed by atoms with Gasteiger partial charge in [0.15, 0.2) is 0 Å². The zero-order valence-corrected chi connectivity index (χ0v) is 15.9. The van der Waals surface area contributed by atoms with Crippen molar-refractivity contribution in [2.75, 3.05) is 18.8 Å². The highest BCUT2D eigenvalue weighted by Crippen LogP contribution is 2.27. The van der Waals surface area contributed by atoms with Gasteiger partial charge in [-0.25, -0.2) is 9.97 Å². The molecule has 1 aromatic carbocycles. The Bertz CT molecular complexity index is 927. The van der Waals surface area contributed by atoms with E-state index in [0.29, 0.717) is 30.3 Å². The Morgan fingerprint density at radius 2 is 2.00 bits per heavy atom. The Balaban J connectivity index is 1.47. The predicted octanol–water partition coefficient (Wildman–Crippen LogP) is 1.74. The largest absolute Gasteiger partial charge is 0.368 e. The van der Waals surface area contributed by atoms with Crippen LogP contribution in [0.4, 0.5) is 5.95 Å². The highest BCUT2D eigenvalue weighted by Gasteiger charge is 2.31. The Morgan fingerprint density at radius 1 is 1.18 bits per heavy atom. The van der Waals surface area contributed by atoms with E-state index in [-0.39, 0.29) is 11.9 Å². The van der Waals surface area contributed by atoms with Crippen molar-refractivity contribution in [3.8, 4) is 0 Å². The van der Waals surface area contributed by atoms with Gasteiger partial charge in [0.2, 0.25) is 11.9 Å². The third kappa shape index (κ3) is 3.69. The zero-order valence-electron chi connectivity index (χ0n) is 15.9. The molecule has 1 aliphatic heterocycles. The molecule has 7 nitrogen and oxygen atoms in total. The Labute approximate surface area is 164 Å². The third-order valence-electron chi connectivity index (χ3n) is 5.71. The standard InChI is InChI=1S/C21H25N5O2/c22-19(27)15-5-3-4-13(11-15)10-14-8-9-26(12-14)20(28)18-16-6-1-2-7-17(16)24-21(23)25-18/h3-5,11,14H,1-2,6-10,12H2,(H2,22,27)(H2,23,24,25)/t14-/m1/s1. The topological polar surface area (TPSA) is 115 Å². The molecule has 0 saturated carbocycles. The molecule has 0 spiro atoms. The smallest absolute Gasteiger partial charge is 0.272 e. The van der Waals surface area contributed by atoms with Gasteiger partial charge in [0.25, 0.3) is 5.91 Å². The van der Waals surface area contributed by atoms with Crippen molar-refractivity contribution in [1.82, 2.24) is 14.9 Å². The molecule has 2 heterocycles. The fourth-order valence-corrected chi connectivity index (χ4v) is 4.31. The molecule has 4 N–H and O–H groups in total. The van der Waals surface area contributed by atoms with Gasteiger partial charge in [0.1, 0.15) is 5.69 Å². The maximum absolute atomic E-state index is 13.1. The molecule has 0 bridgehead atoms. The summed E-state index contributed by atoms with van der Waals surface area (Å²) in [5.41, 5.74) is 15.2. The van der Waals surface area contributed by atoms with Crippen LogP contribution in [-0.2, 0) is 19.3 Å². The van der Waals surface area contributed by atoms with Gasteiger partial charge in [-0.05, 0) is 62.1 Å². The SMILES string of the molecule is NC(=O)c1cccc(C[C@H]2CCN(C(=O)c3nc(N)nc4c3CCCC4)C2)c1. The number of carbonyl (C=O) groups excluding carboxylic acids is 2. The fraction of sp³-hybridized carbons (Fsp3) is 0.429. The molecule has 2 aliphatic rings. The lowest BCUT2D eigenvalue weighted by atomic mass is 9.94. The van der Waals surface area contributed by atoms with Crippen molar-refractivity contribution in [3.63, 3.8) is 0 Å². The van der Waals surface area contributed by atoms with Crippen LogP contribution in [0.25, 0.3) is 0 Å². The third-order valence-corrected chi connectivity index (χ3v) is 5.71. The minimum Gasteiger partial charge on any atom is -0.368 e. The van der Waals surface area contributed by atoms with Crippen LogP contribution < -0.4 is 11.5 Å². The van der Waals surface area contributed by atoms with Crippen LogP contribution in [0.3, 0.4) is 0 Å². The van der Waals surface area contributed by atoms with Crippen LogP contribution in [0.5, 0.6) is 0 Å². The number of amides is 2. The minimum absolute atomic E-state index is 0.0411. The molecule has 1 saturated heterocycles. The number of fused-ring (bicyclic) bond motifs is 1. The number of nitrogen functional groups attached to an aromatic ring is 1. The number of nitrogens with two attached hydrogens (primary N) is 2. The van der Waals surface area contributed by atoms with E-state index in [1.807, 2.05) is 23.1 Å². The number of anilines is 1. The van der Waals surface area contributed by atoms with Crippen LogP contribution in [0.2, 0.25) is 0 Å². The molecular formula is C21H25N5O2. The average Bonchev–Trinajstić information content (AvgIpc) is 3.15. The number of hydrogen-bond donors (Lipinski definition) is 2. The van der Waals surface area contributed by atoms with E-state index in [0.717, 1.165) is 55.3 Å². The molecule has 2 amide bonds. The molecule has 0 unspecified atom stereocenters. The van der Waals surface area contributed by atoms with Gasteiger partial charge >= 0.3 is 0 Å². The summed E-state index contributed by atoms with van der Waals surface area (Å²) in [6.07, 6.45) is 5.58. The highest BCUT2D eigenvalue weighted by atomic mass is 16.2. The second-order valence-corrected chi connectivity index (χ2v) is 7.74. The van der Waals surface area contributed by atoms with Crippen LogP contribution in [0.15, 0.2) is 24.3 Å². The van der Waals surface area contributed by atoms with Crippen LogP contribution in [0.1, 0.15) is 56.9 Å². The molecule has 4 rings (SSSR count). The molecule has 1 fully saturated rings. The van der Waals surface area contributed by atoms with Crippen molar-refractivity contribution in [1.29, 1.82) is 0 Å². The van der Waals surface area contributed by atoms with Gasteiger partial charge in [-0.2, -0.15) is 0 Å². The number of carbonyl (C=O) groups is 2. The normalized spacial score (nSPS) is 18.7. The summed E-state index contributed by atoms with van der Waals surface area (Å²) in [5.74, 6) is 0.0712. The molecule has 7 heteroatoms. The van der Waals surface area contributed by atoms with Crippen molar-refractivity contribution in [2.45, 2.75) is 38.5 Å². The van der Waals surface area contributed by atoms with Crippen molar-refractivity contribution in [3.05, 3.63) is 52.3 Å². The van der Waals surface area contributed by atoms with Gasteiger partial charge in [-0.1, -0.05) is 12.1 Å². The molecule has 28 heavy (non-hydrogen) atoms. The summed E-state index contributed by atoms with van der Waals surface area (Å²) in [4.78, 5) is 35.0. The molecule has 1 atom stereocenters. The second-order valence-electron chi connectivity index (χ2n) is 7.74. The molecule has 1 aromatic heterocycles. The highest BCUT2D eigenvalue weighted by molar-refractivity contribution is 5.94. The molecule has 146 valence electrons. The van der Waals surface area contributed by atoms with Crippen LogP contribution in [-0.4, -0.2) is 39.8 Å². The summed E-state index contributed by atoms with van der Waals surface area (Å²) in [6.45, 7) is 1.38. The quantitative estimate of drug-likeness (QED) is 0.839. The number of aromatic nitrogens is 2. The lowest BCUT2D eigenvalue weighted by molar-refractivity contribution is 0.0779. The number of hydrogen-bond acceptors (Lipinski definition) is 5. The maximum Gasteiger partial charge on any atom is 0.272 e. The zero-order chi connectivity index (χ0) is 19.7. The summed E-state index contributed by atoms with van der Waals surface area (Å²) >= 11 is 0. The average molecular weight is 379 g/mol. The van der Waals surface area contributed by atoms with E-state index in [9.17, 15) is 9.59 Å². The van der Waals surface area contributed by atoms with Gasteiger partial charge in [-0.15, -0.1) is 0 Å². The number of benzene rings is 1. The Kier molecular flexibility index (Phi) is 4.98. The van der Waals surface area contributed by atoms with E-state index in [1.54, 1.807) is 6.07 Å². The fourth-order valence-electron chi connectivity index (χ4n) is 4.31. The number of aryl methyl sites for hydroxylation is 1. The minimum atomic E-state index is -0.420. The van der Waals surface area contributed by atoms with Gasteiger partial charge < -0.3 is 16.4 Å². The predicted molar refractivity (Wildman–Crippen MR) is 106 cm³/mol. The van der Waals surface area contributed by atoms with Crippen molar-refractivity contribution >= 4 is 17.8 Å². The number of rotatable bonds is 4. The number of likely N-dealkylation sites (tertiary alicyclic amines) is 1. The number of nitrogens with zero attached hydrogens (tertiary/aromatic N) is 3. The van der Waals surface area contributed by atoms with Crippen molar-refractivity contribution < 1.29 is 9.59 Å². The molecular weight excluding hydrogens is 354 g/mol. The lowest BCUT2D eigenvalue weighted by Crippen LogP contribution is -2.32. The monoisotopic (exact) mass is 379 g/mol. The maximum atomic E-state index is 13.1. The molecule has 2 aromatic rings. The van der Waals surface area contributed by atoms with Crippen molar-refractivity contribution in [2.24, 2.45) is 11.7 Å². The van der Waals surface area contributed by atoms with Gasteiger partial charge in [0, 0.05) is 29.9 Å². The van der Waals surface area contributed by atoms with E-state index >= 15 is 0 Å². The van der Waals surface area contributed by atoms with Gasteiger partial charge in [-0.3, -0.25) is 9.59 Å².